The smallest absolute Gasteiger partial charge is 0.244 e. The van der Waals surface area contributed by atoms with Crippen LogP contribution in [-0.4, -0.2) is 66.3 Å². The third-order valence-electron chi connectivity index (χ3n) is 4.94. The lowest BCUT2D eigenvalue weighted by molar-refractivity contribution is -0.135. The second-order valence-corrected chi connectivity index (χ2v) is 6.51. The first-order valence-corrected chi connectivity index (χ1v) is 8.73. The number of piperazine rings is 1. The van der Waals surface area contributed by atoms with Crippen molar-refractivity contribution < 1.29 is 14.4 Å². The lowest BCUT2D eigenvalue weighted by Gasteiger charge is -2.37. The number of amides is 3. The van der Waals surface area contributed by atoms with Gasteiger partial charge in [0.2, 0.25) is 17.7 Å². The summed E-state index contributed by atoms with van der Waals surface area (Å²) in [7, 11) is 0. The van der Waals surface area contributed by atoms with Gasteiger partial charge in [-0.15, -0.1) is 0 Å². The topological polar surface area (TPSA) is 86.9 Å². The van der Waals surface area contributed by atoms with Gasteiger partial charge in [0, 0.05) is 51.3 Å². The standard InChI is InChI=1S/C18H24N4O3/c19-16(23)6-7-17(24)21-12-10-20(11-13-21)15-8-9-22(18(15)25)14-4-2-1-3-5-14/h1-5,15H,6-13H2,(H2,19,23). The van der Waals surface area contributed by atoms with Crippen LogP contribution in [0.1, 0.15) is 19.3 Å². The summed E-state index contributed by atoms with van der Waals surface area (Å²) in [5.41, 5.74) is 6.03. The van der Waals surface area contributed by atoms with Crippen LogP contribution in [-0.2, 0) is 14.4 Å². The quantitative estimate of drug-likeness (QED) is 0.827. The van der Waals surface area contributed by atoms with Gasteiger partial charge in [-0.25, -0.2) is 0 Å². The molecular weight excluding hydrogens is 320 g/mol. The minimum Gasteiger partial charge on any atom is -0.370 e. The number of hydrogen-bond acceptors (Lipinski definition) is 4. The summed E-state index contributed by atoms with van der Waals surface area (Å²) in [5, 5.41) is 0. The molecular formula is C18H24N4O3. The van der Waals surface area contributed by atoms with E-state index in [0.29, 0.717) is 26.2 Å². The van der Waals surface area contributed by atoms with E-state index in [1.165, 1.54) is 0 Å². The fourth-order valence-electron chi connectivity index (χ4n) is 3.54. The van der Waals surface area contributed by atoms with Crippen molar-refractivity contribution in [3.05, 3.63) is 30.3 Å². The number of nitrogens with zero attached hydrogens (tertiary/aromatic N) is 3. The predicted octanol–water partition coefficient (Wildman–Crippen LogP) is 0.202. The van der Waals surface area contributed by atoms with Crippen molar-refractivity contribution in [1.82, 2.24) is 9.80 Å². The van der Waals surface area contributed by atoms with Gasteiger partial charge in [0.05, 0.1) is 6.04 Å². The minimum absolute atomic E-state index is 0.0397. The second-order valence-electron chi connectivity index (χ2n) is 6.51. The maximum absolute atomic E-state index is 12.8. The van der Waals surface area contributed by atoms with Gasteiger partial charge >= 0.3 is 0 Å². The van der Waals surface area contributed by atoms with E-state index in [-0.39, 0.29) is 30.7 Å². The maximum Gasteiger partial charge on any atom is 0.244 e. The van der Waals surface area contributed by atoms with E-state index in [4.69, 9.17) is 5.73 Å². The number of rotatable bonds is 5. The van der Waals surface area contributed by atoms with Crippen molar-refractivity contribution in [3.8, 4) is 0 Å². The Morgan fingerprint density at radius 1 is 1.00 bits per heavy atom. The van der Waals surface area contributed by atoms with Gasteiger partial charge < -0.3 is 15.5 Å². The first-order valence-electron chi connectivity index (χ1n) is 8.73. The van der Waals surface area contributed by atoms with Crippen LogP contribution >= 0.6 is 0 Å². The molecule has 2 fully saturated rings. The molecule has 25 heavy (non-hydrogen) atoms. The fourth-order valence-corrected chi connectivity index (χ4v) is 3.54. The number of primary amides is 1. The van der Waals surface area contributed by atoms with E-state index in [9.17, 15) is 14.4 Å². The Bertz CT molecular complexity index is 641. The minimum atomic E-state index is -0.454. The number of carbonyl (C=O) groups is 3. The Balaban J connectivity index is 1.53. The lowest BCUT2D eigenvalue weighted by atomic mass is 10.1. The van der Waals surface area contributed by atoms with E-state index < -0.39 is 5.91 Å². The molecule has 1 atom stereocenters. The summed E-state index contributed by atoms with van der Waals surface area (Å²) < 4.78 is 0. The highest BCUT2D eigenvalue weighted by atomic mass is 16.2. The summed E-state index contributed by atoms with van der Waals surface area (Å²) in [6.07, 6.45) is 1.06. The molecule has 3 amide bonds. The Kier molecular flexibility index (Phi) is 5.33. The average Bonchev–Trinajstić information content (AvgIpc) is 3.02. The average molecular weight is 344 g/mol. The van der Waals surface area contributed by atoms with E-state index in [1.54, 1.807) is 4.90 Å². The Labute approximate surface area is 147 Å². The largest absolute Gasteiger partial charge is 0.370 e. The van der Waals surface area contributed by atoms with E-state index >= 15 is 0 Å². The SMILES string of the molecule is NC(=O)CCC(=O)N1CCN(C2CCN(c3ccccc3)C2=O)CC1. The van der Waals surface area contributed by atoms with Crippen molar-refractivity contribution in [2.45, 2.75) is 25.3 Å². The van der Waals surface area contributed by atoms with Gasteiger partial charge in [-0.2, -0.15) is 0 Å². The van der Waals surface area contributed by atoms with Crippen LogP contribution in [0.4, 0.5) is 5.69 Å². The molecule has 0 saturated carbocycles. The van der Waals surface area contributed by atoms with Gasteiger partial charge in [0.15, 0.2) is 0 Å². The van der Waals surface area contributed by atoms with E-state index in [2.05, 4.69) is 4.90 Å². The number of hydrogen-bond donors (Lipinski definition) is 1. The zero-order chi connectivity index (χ0) is 17.8. The first-order chi connectivity index (χ1) is 12.1. The maximum atomic E-state index is 12.8. The van der Waals surface area contributed by atoms with Crippen LogP contribution in [0.3, 0.4) is 0 Å². The monoisotopic (exact) mass is 344 g/mol. The Hall–Kier alpha value is -2.41. The van der Waals surface area contributed by atoms with Crippen LogP contribution in [0.15, 0.2) is 30.3 Å². The van der Waals surface area contributed by atoms with Crippen molar-refractivity contribution in [1.29, 1.82) is 0 Å². The van der Waals surface area contributed by atoms with Gasteiger partial charge in [-0.3, -0.25) is 19.3 Å². The Morgan fingerprint density at radius 3 is 2.32 bits per heavy atom. The molecule has 2 saturated heterocycles. The molecule has 2 N–H and O–H groups in total. The molecule has 1 aromatic rings. The van der Waals surface area contributed by atoms with Crippen LogP contribution in [0, 0.1) is 0 Å². The summed E-state index contributed by atoms with van der Waals surface area (Å²) in [6, 6.07) is 9.61. The molecule has 0 aliphatic carbocycles. The van der Waals surface area contributed by atoms with Crippen molar-refractivity contribution in [2.75, 3.05) is 37.6 Å². The highest BCUT2D eigenvalue weighted by Gasteiger charge is 2.38. The summed E-state index contributed by atoms with van der Waals surface area (Å²) >= 11 is 0. The van der Waals surface area contributed by atoms with Gasteiger partial charge in [-0.1, -0.05) is 18.2 Å². The summed E-state index contributed by atoms with van der Waals surface area (Å²) in [4.78, 5) is 41.4. The third kappa shape index (κ3) is 3.99. The van der Waals surface area contributed by atoms with Crippen LogP contribution < -0.4 is 10.6 Å². The molecule has 2 aliphatic heterocycles. The third-order valence-corrected chi connectivity index (χ3v) is 4.94. The molecule has 0 bridgehead atoms. The van der Waals surface area contributed by atoms with E-state index in [1.807, 2.05) is 35.2 Å². The first kappa shape index (κ1) is 17.4. The van der Waals surface area contributed by atoms with Crippen molar-refractivity contribution in [3.63, 3.8) is 0 Å². The van der Waals surface area contributed by atoms with Crippen molar-refractivity contribution in [2.24, 2.45) is 5.73 Å². The van der Waals surface area contributed by atoms with Gasteiger partial charge in [0.25, 0.3) is 0 Å². The molecule has 1 unspecified atom stereocenters. The molecule has 134 valence electrons. The van der Waals surface area contributed by atoms with Crippen LogP contribution in [0.5, 0.6) is 0 Å². The normalized spacial score (nSPS) is 21.6. The zero-order valence-electron chi connectivity index (χ0n) is 14.3. The van der Waals surface area contributed by atoms with Crippen LogP contribution in [0.2, 0.25) is 0 Å². The van der Waals surface area contributed by atoms with Gasteiger partial charge in [0.1, 0.15) is 0 Å². The Morgan fingerprint density at radius 2 is 1.68 bits per heavy atom. The van der Waals surface area contributed by atoms with Crippen LogP contribution in [0.25, 0.3) is 0 Å². The van der Waals surface area contributed by atoms with E-state index in [0.717, 1.165) is 18.7 Å². The molecule has 0 radical (unpaired) electrons. The number of nitrogens with two attached hydrogens (primary N) is 1. The van der Waals surface area contributed by atoms with Crippen molar-refractivity contribution >= 4 is 23.4 Å². The number of anilines is 1. The molecule has 2 aliphatic rings. The number of para-hydroxylation sites is 1. The fraction of sp³-hybridized carbons (Fsp3) is 0.500. The molecule has 0 spiro atoms. The second kappa shape index (κ2) is 7.65. The molecule has 1 aromatic carbocycles. The number of benzene rings is 1. The molecule has 7 heteroatoms. The summed E-state index contributed by atoms with van der Waals surface area (Å²) in [5.74, 6) is -0.355. The summed E-state index contributed by atoms with van der Waals surface area (Å²) in [6.45, 7) is 3.27. The molecule has 0 aromatic heterocycles. The molecule has 3 rings (SSSR count). The lowest BCUT2D eigenvalue weighted by Crippen LogP contribution is -2.53. The molecule has 2 heterocycles. The predicted molar refractivity (Wildman–Crippen MR) is 93.8 cm³/mol. The number of carbonyl (C=O) groups excluding carboxylic acids is 3. The van der Waals surface area contributed by atoms with Gasteiger partial charge in [-0.05, 0) is 18.6 Å². The molecule has 7 nitrogen and oxygen atoms in total. The highest BCUT2D eigenvalue weighted by Crippen LogP contribution is 2.25. The zero-order valence-corrected chi connectivity index (χ0v) is 14.3. The highest BCUT2D eigenvalue weighted by molar-refractivity contribution is 5.99.